The quantitative estimate of drug-likeness (QED) is 0.776. The van der Waals surface area contributed by atoms with Gasteiger partial charge in [0.1, 0.15) is 0 Å². The van der Waals surface area contributed by atoms with E-state index in [9.17, 15) is 4.79 Å². The molecule has 0 spiro atoms. The van der Waals surface area contributed by atoms with Crippen molar-refractivity contribution in [2.24, 2.45) is 5.92 Å². The van der Waals surface area contributed by atoms with Gasteiger partial charge in [-0.25, -0.2) is 0 Å². The predicted octanol–water partition coefficient (Wildman–Crippen LogP) is 3.17. The van der Waals surface area contributed by atoms with Gasteiger partial charge < -0.3 is 10.2 Å². The molecule has 0 saturated carbocycles. The Bertz CT molecular complexity index is 434. The first-order valence-electron chi connectivity index (χ1n) is 6.90. The number of likely N-dealkylation sites (tertiary alicyclic amines) is 1. The Kier molecular flexibility index (Phi) is 7.84. The Morgan fingerprint density at radius 2 is 2.00 bits per heavy atom. The van der Waals surface area contributed by atoms with E-state index < -0.39 is 0 Å². The molecule has 1 fully saturated rings. The van der Waals surface area contributed by atoms with Crippen molar-refractivity contribution in [1.82, 2.24) is 10.2 Å². The Morgan fingerprint density at radius 1 is 1.35 bits per heavy atom. The van der Waals surface area contributed by atoms with Crippen LogP contribution in [0, 0.1) is 9.49 Å². The maximum atomic E-state index is 12.5. The van der Waals surface area contributed by atoms with Crippen molar-refractivity contribution in [3.8, 4) is 0 Å². The summed E-state index contributed by atoms with van der Waals surface area (Å²) in [6.07, 6.45) is 3.50. The summed E-state index contributed by atoms with van der Waals surface area (Å²) >= 11 is 2.24. The molecule has 1 aromatic rings. The molecule has 1 heterocycles. The normalized spacial score (nSPS) is 15.8. The van der Waals surface area contributed by atoms with Crippen LogP contribution in [-0.4, -0.2) is 37.5 Å². The van der Waals surface area contributed by atoms with Crippen LogP contribution >= 0.6 is 35.0 Å². The second-order valence-electron chi connectivity index (χ2n) is 5.11. The smallest absolute Gasteiger partial charge is 0.254 e. The van der Waals surface area contributed by atoms with Crippen LogP contribution in [0.15, 0.2) is 24.3 Å². The van der Waals surface area contributed by atoms with Crippen molar-refractivity contribution in [3.63, 3.8) is 0 Å². The molecule has 5 heteroatoms. The summed E-state index contributed by atoms with van der Waals surface area (Å²) in [5, 5.41) is 3.20. The number of rotatable bonds is 4. The van der Waals surface area contributed by atoms with Crippen molar-refractivity contribution in [3.05, 3.63) is 33.4 Å². The summed E-state index contributed by atoms with van der Waals surface area (Å²) in [7, 11) is 2.00. The van der Waals surface area contributed by atoms with Gasteiger partial charge in [-0.3, -0.25) is 4.79 Å². The third kappa shape index (κ3) is 4.60. The largest absolute Gasteiger partial charge is 0.339 e. The number of piperidine rings is 1. The fourth-order valence-electron chi connectivity index (χ4n) is 2.58. The average molecular weight is 409 g/mol. The van der Waals surface area contributed by atoms with Gasteiger partial charge in [0.15, 0.2) is 0 Å². The second-order valence-corrected chi connectivity index (χ2v) is 6.27. The van der Waals surface area contributed by atoms with Gasteiger partial charge in [-0.1, -0.05) is 12.1 Å². The summed E-state index contributed by atoms with van der Waals surface area (Å²) < 4.78 is 1.04. The van der Waals surface area contributed by atoms with Crippen molar-refractivity contribution >= 4 is 40.9 Å². The maximum absolute atomic E-state index is 12.5. The van der Waals surface area contributed by atoms with Crippen LogP contribution in [-0.2, 0) is 0 Å². The molecule has 1 aliphatic heterocycles. The standard InChI is InChI=1S/C15H21IN2O.ClH/c1-17-9-6-12-7-10-18(11-8-12)15(19)13-4-2-3-5-14(13)16;/h2-5,12,17H,6-11H2,1H3;1H. The molecular weight excluding hydrogens is 387 g/mol. The van der Waals surface area contributed by atoms with Gasteiger partial charge in [-0.15, -0.1) is 12.4 Å². The number of carbonyl (C=O) groups is 1. The molecule has 1 amide bonds. The fourth-order valence-corrected chi connectivity index (χ4v) is 3.20. The topological polar surface area (TPSA) is 32.3 Å². The van der Waals surface area contributed by atoms with Gasteiger partial charge >= 0.3 is 0 Å². The molecule has 1 N–H and O–H groups in total. The van der Waals surface area contributed by atoms with Crippen molar-refractivity contribution < 1.29 is 4.79 Å². The SMILES string of the molecule is CNCCC1CCN(C(=O)c2ccccc2I)CC1.Cl. The summed E-state index contributed by atoms with van der Waals surface area (Å²) in [5.74, 6) is 0.961. The van der Waals surface area contributed by atoms with Crippen molar-refractivity contribution in [1.29, 1.82) is 0 Å². The summed E-state index contributed by atoms with van der Waals surface area (Å²) in [4.78, 5) is 14.5. The molecule has 20 heavy (non-hydrogen) atoms. The minimum absolute atomic E-state index is 0. The molecule has 0 unspecified atom stereocenters. The number of benzene rings is 1. The van der Waals surface area contributed by atoms with Gasteiger partial charge in [0.25, 0.3) is 5.91 Å². The van der Waals surface area contributed by atoms with E-state index in [1.54, 1.807) is 0 Å². The molecule has 0 radical (unpaired) electrons. The Morgan fingerprint density at radius 3 is 2.60 bits per heavy atom. The van der Waals surface area contributed by atoms with E-state index in [1.807, 2.05) is 36.2 Å². The second kappa shape index (κ2) is 8.85. The lowest BCUT2D eigenvalue weighted by atomic mass is 9.93. The lowest BCUT2D eigenvalue weighted by Crippen LogP contribution is -2.39. The Labute approximate surface area is 141 Å². The minimum Gasteiger partial charge on any atom is -0.339 e. The van der Waals surface area contributed by atoms with Crippen LogP contribution in [0.1, 0.15) is 29.6 Å². The van der Waals surface area contributed by atoms with Crippen molar-refractivity contribution in [2.75, 3.05) is 26.7 Å². The molecule has 0 aliphatic carbocycles. The predicted molar refractivity (Wildman–Crippen MR) is 93.6 cm³/mol. The lowest BCUT2D eigenvalue weighted by molar-refractivity contribution is 0.0686. The van der Waals surface area contributed by atoms with Crippen LogP contribution in [0.2, 0.25) is 0 Å². The van der Waals surface area contributed by atoms with E-state index in [4.69, 9.17) is 0 Å². The lowest BCUT2D eigenvalue weighted by Gasteiger charge is -2.32. The van der Waals surface area contributed by atoms with Gasteiger partial charge in [-0.05, 0) is 73.5 Å². The number of nitrogens with zero attached hydrogens (tertiary/aromatic N) is 1. The first-order chi connectivity index (χ1) is 9.22. The zero-order chi connectivity index (χ0) is 13.7. The molecule has 3 nitrogen and oxygen atoms in total. The van der Waals surface area contributed by atoms with Crippen LogP contribution in [0.5, 0.6) is 0 Å². The van der Waals surface area contributed by atoms with Gasteiger partial charge in [0, 0.05) is 16.7 Å². The molecular formula is C15H22ClIN2O. The first kappa shape index (κ1) is 17.7. The monoisotopic (exact) mass is 408 g/mol. The summed E-state index contributed by atoms with van der Waals surface area (Å²) in [6.45, 7) is 2.88. The van der Waals surface area contributed by atoms with E-state index in [2.05, 4.69) is 27.9 Å². The van der Waals surface area contributed by atoms with Crippen LogP contribution < -0.4 is 5.32 Å². The van der Waals surface area contributed by atoms with Gasteiger partial charge in [0.2, 0.25) is 0 Å². The average Bonchev–Trinajstić information content (AvgIpc) is 2.45. The van der Waals surface area contributed by atoms with E-state index >= 15 is 0 Å². The number of amides is 1. The molecule has 2 rings (SSSR count). The molecule has 0 aromatic heterocycles. The highest BCUT2D eigenvalue weighted by Crippen LogP contribution is 2.22. The number of halogens is 2. The molecule has 1 saturated heterocycles. The van der Waals surface area contributed by atoms with Crippen molar-refractivity contribution in [2.45, 2.75) is 19.3 Å². The Hall–Kier alpha value is -0.330. The maximum Gasteiger partial charge on any atom is 0.254 e. The van der Waals surface area contributed by atoms with Crippen LogP contribution in [0.3, 0.4) is 0 Å². The highest BCUT2D eigenvalue weighted by molar-refractivity contribution is 14.1. The summed E-state index contributed by atoms with van der Waals surface area (Å²) in [5.41, 5.74) is 0.844. The van der Waals surface area contributed by atoms with E-state index in [-0.39, 0.29) is 18.3 Å². The number of hydrogen-bond donors (Lipinski definition) is 1. The molecule has 1 aromatic carbocycles. The fraction of sp³-hybridized carbons (Fsp3) is 0.533. The van der Waals surface area contributed by atoms with Crippen LogP contribution in [0.4, 0.5) is 0 Å². The molecule has 1 aliphatic rings. The van der Waals surface area contributed by atoms with Gasteiger partial charge in [0.05, 0.1) is 5.56 Å². The van der Waals surface area contributed by atoms with E-state index in [0.717, 1.165) is 47.5 Å². The zero-order valence-corrected chi connectivity index (χ0v) is 14.7. The third-order valence-corrected chi connectivity index (χ3v) is 4.75. The number of carbonyl (C=O) groups excluding carboxylic acids is 1. The zero-order valence-electron chi connectivity index (χ0n) is 11.8. The van der Waals surface area contributed by atoms with Crippen LogP contribution in [0.25, 0.3) is 0 Å². The highest BCUT2D eigenvalue weighted by atomic mass is 127. The highest BCUT2D eigenvalue weighted by Gasteiger charge is 2.24. The van der Waals surface area contributed by atoms with E-state index in [1.165, 1.54) is 6.42 Å². The third-order valence-electron chi connectivity index (χ3n) is 3.81. The molecule has 0 atom stereocenters. The minimum atomic E-state index is 0. The summed E-state index contributed by atoms with van der Waals surface area (Å²) in [6, 6.07) is 7.84. The van der Waals surface area contributed by atoms with Gasteiger partial charge in [-0.2, -0.15) is 0 Å². The number of hydrogen-bond acceptors (Lipinski definition) is 2. The Balaban J connectivity index is 0.00000200. The first-order valence-corrected chi connectivity index (χ1v) is 7.98. The molecule has 112 valence electrons. The van der Waals surface area contributed by atoms with E-state index in [0.29, 0.717) is 0 Å². The number of nitrogens with one attached hydrogen (secondary N) is 1. The molecule has 0 bridgehead atoms.